The lowest BCUT2D eigenvalue weighted by atomic mass is 10.2. The number of halogens is 1. The Kier molecular flexibility index (Phi) is 4.10. The number of nitrogens with zero attached hydrogens (tertiary/aromatic N) is 2. The van der Waals surface area contributed by atoms with Gasteiger partial charge in [-0.3, -0.25) is 5.43 Å². The number of hydrogen-bond acceptors (Lipinski definition) is 5. The van der Waals surface area contributed by atoms with Crippen molar-refractivity contribution in [2.75, 3.05) is 5.43 Å². The third-order valence-corrected chi connectivity index (χ3v) is 2.66. The molecule has 0 atom stereocenters. The van der Waals surface area contributed by atoms with Crippen LogP contribution in [0, 0.1) is 4.91 Å². The van der Waals surface area contributed by atoms with E-state index >= 15 is 0 Å². The first kappa shape index (κ1) is 13.0. The van der Waals surface area contributed by atoms with Gasteiger partial charge in [-0.1, -0.05) is 11.6 Å². The van der Waals surface area contributed by atoms with Gasteiger partial charge in [-0.05, 0) is 53.7 Å². The van der Waals surface area contributed by atoms with Gasteiger partial charge in [0.2, 0.25) is 0 Å². The number of phenols is 1. The molecule has 0 fully saturated rings. The van der Waals surface area contributed by atoms with Crippen LogP contribution in [-0.2, 0) is 0 Å². The van der Waals surface area contributed by atoms with Crippen molar-refractivity contribution >= 4 is 28.1 Å². The van der Waals surface area contributed by atoms with Crippen LogP contribution in [0.15, 0.2) is 58.8 Å². The summed E-state index contributed by atoms with van der Waals surface area (Å²) in [6.45, 7) is 0. The van der Waals surface area contributed by atoms with Crippen molar-refractivity contribution in [1.82, 2.24) is 0 Å². The van der Waals surface area contributed by atoms with E-state index in [4.69, 9.17) is 16.7 Å². The molecule has 0 saturated heterocycles. The number of anilines is 1. The van der Waals surface area contributed by atoms with Gasteiger partial charge in [-0.15, -0.1) is 4.91 Å². The minimum atomic E-state index is 0.178. The molecule has 0 bridgehead atoms. The van der Waals surface area contributed by atoms with Crippen molar-refractivity contribution in [2.45, 2.75) is 0 Å². The fraction of sp³-hybridized carbons (Fsp3) is 0. The second-order valence-electron chi connectivity index (χ2n) is 3.70. The number of benzene rings is 2. The molecule has 0 aromatic heterocycles. The highest BCUT2D eigenvalue weighted by Gasteiger charge is 2.00. The van der Waals surface area contributed by atoms with Crippen LogP contribution in [0.3, 0.4) is 0 Å². The molecular formula is C13H10ClN3O2. The molecule has 2 N–H and O–H groups in total. The van der Waals surface area contributed by atoms with E-state index < -0.39 is 0 Å². The second-order valence-corrected chi connectivity index (χ2v) is 4.06. The fourth-order valence-corrected chi connectivity index (χ4v) is 1.54. The SMILES string of the molecule is O=Nc1ccc(/C(Cl)=N/Nc2ccc(O)cc2)cc1. The zero-order valence-electron chi connectivity index (χ0n) is 9.75. The Morgan fingerprint density at radius 3 is 2.26 bits per heavy atom. The third kappa shape index (κ3) is 3.53. The lowest BCUT2D eigenvalue weighted by Gasteiger charge is -2.02. The van der Waals surface area contributed by atoms with Crippen LogP contribution in [0.25, 0.3) is 0 Å². The predicted octanol–water partition coefficient (Wildman–Crippen LogP) is 3.80. The van der Waals surface area contributed by atoms with Crippen LogP contribution in [0.1, 0.15) is 5.56 Å². The summed E-state index contributed by atoms with van der Waals surface area (Å²) in [5.41, 5.74) is 4.45. The van der Waals surface area contributed by atoms with Crippen LogP contribution in [0.5, 0.6) is 5.75 Å². The lowest BCUT2D eigenvalue weighted by Crippen LogP contribution is -1.96. The second kappa shape index (κ2) is 5.97. The molecule has 0 aliphatic heterocycles. The van der Waals surface area contributed by atoms with E-state index in [9.17, 15) is 4.91 Å². The molecule has 0 radical (unpaired) electrons. The Morgan fingerprint density at radius 1 is 1.05 bits per heavy atom. The highest BCUT2D eigenvalue weighted by Crippen LogP contribution is 2.16. The van der Waals surface area contributed by atoms with E-state index in [-0.39, 0.29) is 10.9 Å². The lowest BCUT2D eigenvalue weighted by molar-refractivity contribution is 0.475. The van der Waals surface area contributed by atoms with Crippen molar-refractivity contribution in [3.05, 3.63) is 59.0 Å². The van der Waals surface area contributed by atoms with Crippen LogP contribution >= 0.6 is 11.6 Å². The summed E-state index contributed by atoms with van der Waals surface area (Å²) in [7, 11) is 0. The van der Waals surface area contributed by atoms with Gasteiger partial charge in [0, 0.05) is 5.56 Å². The number of nitroso groups, excluding NO2 is 1. The van der Waals surface area contributed by atoms with E-state index in [0.717, 1.165) is 0 Å². The monoisotopic (exact) mass is 275 g/mol. The molecule has 2 aromatic carbocycles. The van der Waals surface area contributed by atoms with Crippen molar-refractivity contribution in [3.8, 4) is 5.75 Å². The average molecular weight is 276 g/mol. The standard InChI is InChI=1S/C13H10ClN3O2/c14-13(9-1-3-11(17-19)4-2-9)16-15-10-5-7-12(18)8-6-10/h1-8,15,18H/b16-13-. The van der Waals surface area contributed by atoms with Crippen molar-refractivity contribution in [1.29, 1.82) is 0 Å². The number of nitrogens with one attached hydrogen (secondary N) is 1. The van der Waals surface area contributed by atoms with Gasteiger partial charge < -0.3 is 5.11 Å². The van der Waals surface area contributed by atoms with Crippen LogP contribution in [0.4, 0.5) is 11.4 Å². The van der Waals surface area contributed by atoms with E-state index in [1.165, 1.54) is 12.1 Å². The first-order valence-corrected chi connectivity index (χ1v) is 5.79. The van der Waals surface area contributed by atoms with Crippen LogP contribution in [-0.4, -0.2) is 10.3 Å². The van der Waals surface area contributed by atoms with Gasteiger partial charge in [0.25, 0.3) is 0 Å². The van der Waals surface area contributed by atoms with Crippen LogP contribution in [0.2, 0.25) is 0 Å². The minimum absolute atomic E-state index is 0.178. The molecule has 96 valence electrons. The quantitative estimate of drug-likeness (QED) is 0.386. The minimum Gasteiger partial charge on any atom is -0.508 e. The molecule has 2 aromatic rings. The van der Waals surface area contributed by atoms with Crippen molar-refractivity contribution in [2.24, 2.45) is 10.3 Å². The van der Waals surface area contributed by atoms with Crippen molar-refractivity contribution in [3.63, 3.8) is 0 Å². The molecule has 0 unspecified atom stereocenters. The first-order valence-electron chi connectivity index (χ1n) is 5.41. The van der Waals surface area contributed by atoms with E-state index in [1.807, 2.05) is 0 Å². The molecule has 0 spiro atoms. The molecule has 0 amide bonds. The number of hydrazone groups is 1. The zero-order valence-corrected chi connectivity index (χ0v) is 10.5. The smallest absolute Gasteiger partial charge is 0.156 e. The summed E-state index contributed by atoms with van der Waals surface area (Å²) in [6, 6.07) is 12.8. The van der Waals surface area contributed by atoms with Gasteiger partial charge in [0.05, 0.1) is 5.69 Å². The summed E-state index contributed by atoms with van der Waals surface area (Å²) >= 11 is 6.01. The molecule has 19 heavy (non-hydrogen) atoms. The zero-order chi connectivity index (χ0) is 13.7. The summed E-state index contributed by atoms with van der Waals surface area (Å²) in [5, 5.41) is 16.2. The Balaban J connectivity index is 2.09. The van der Waals surface area contributed by atoms with Gasteiger partial charge in [0.1, 0.15) is 11.4 Å². The topological polar surface area (TPSA) is 74.0 Å². The summed E-state index contributed by atoms with van der Waals surface area (Å²) in [5.74, 6) is 0.178. The summed E-state index contributed by atoms with van der Waals surface area (Å²) < 4.78 is 0. The molecule has 0 heterocycles. The number of phenolic OH excluding ortho intramolecular Hbond substituents is 1. The highest BCUT2D eigenvalue weighted by atomic mass is 35.5. The average Bonchev–Trinajstić information content (AvgIpc) is 2.46. The number of aromatic hydroxyl groups is 1. The van der Waals surface area contributed by atoms with E-state index in [1.54, 1.807) is 36.4 Å². The molecular weight excluding hydrogens is 266 g/mol. The molecule has 6 heteroatoms. The van der Waals surface area contributed by atoms with E-state index in [0.29, 0.717) is 16.9 Å². The maximum Gasteiger partial charge on any atom is 0.156 e. The van der Waals surface area contributed by atoms with E-state index in [2.05, 4.69) is 15.7 Å². The maximum atomic E-state index is 10.3. The highest BCUT2D eigenvalue weighted by molar-refractivity contribution is 6.69. The summed E-state index contributed by atoms with van der Waals surface area (Å²) in [4.78, 5) is 10.3. The molecule has 5 nitrogen and oxygen atoms in total. The molecule has 0 aliphatic rings. The largest absolute Gasteiger partial charge is 0.508 e. The third-order valence-electron chi connectivity index (χ3n) is 2.36. The van der Waals surface area contributed by atoms with Crippen LogP contribution < -0.4 is 5.43 Å². The van der Waals surface area contributed by atoms with Gasteiger partial charge in [-0.2, -0.15) is 5.10 Å². The Hall–Kier alpha value is -2.40. The Labute approximate surface area is 114 Å². The fourth-order valence-electron chi connectivity index (χ4n) is 1.37. The predicted molar refractivity (Wildman–Crippen MR) is 76.0 cm³/mol. The number of rotatable bonds is 4. The molecule has 2 rings (SSSR count). The Bertz CT molecular complexity index is 594. The molecule has 0 aliphatic carbocycles. The summed E-state index contributed by atoms with van der Waals surface area (Å²) in [6.07, 6.45) is 0. The van der Waals surface area contributed by atoms with Gasteiger partial charge in [0.15, 0.2) is 5.17 Å². The normalized spacial score (nSPS) is 11.1. The maximum absolute atomic E-state index is 10.3. The Morgan fingerprint density at radius 2 is 1.68 bits per heavy atom. The van der Waals surface area contributed by atoms with Gasteiger partial charge >= 0.3 is 0 Å². The van der Waals surface area contributed by atoms with Crippen molar-refractivity contribution < 1.29 is 5.11 Å². The number of hydrogen-bond donors (Lipinski definition) is 2. The molecule has 0 saturated carbocycles. The first-order chi connectivity index (χ1) is 9.19. The van der Waals surface area contributed by atoms with Gasteiger partial charge in [-0.25, -0.2) is 0 Å².